The number of Topliss-reactive ketones (excluding diaryl/α,β-unsaturated/α-hetero) is 3. The van der Waals surface area contributed by atoms with Crippen LogP contribution in [0, 0.1) is 12.8 Å². The molecule has 8 N–H and O–H groups in total. The lowest BCUT2D eigenvalue weighted by molar-refractivity contribution is -0.204. The molecule has 52 heavy (non-hydrogen) atoms. The van der Waals surface area contributed by atoms with E-state index in [0.717, 1.165) is 26.4 Å². The van der Waals surface area contributed by atoms with Crippen molar-refractivity contribution in [2.75, 3.05) is 26.6 Å². The summed E-state index contributed by atoms with van der Waals surface area (Å²) in [6.45, 7) is 4.40. The van der Waals surface area contributed by atoms with E-state index < -0.39 is 145 Å². The van der Waals surface area contributed by atoms with Crippen LogP contribution >= 0.6 is 0 Å². The Morgan fingerprint density at radius 2 is 1.65 bits per heavy atom. The first-order valence-corrected chi connectivity index (χ1v) is 15.9. The number of rotatable bonds is 6. The zero-order valence-corrected chi connectivity index (χ0v) is 28.6. The van der Waals surface area contributed by atoms with Gasteiger partial charge in [0.1, 0.15) is 35.1 Å². The van der Waals surface area contributed by atoms with E-state index in [1.165, 1.54) is 14.0 Å². The zero-order valence-electron chi connectivity index (χ0n) is 28.6. The molecule has 1 saturated heterocycles. The minimum absolute atomic E-state index is 0.317. The summed E-state index contributed by atoms with van der Waals surface area (Å²) in [5.74, 6) is -9.18. The van der Waals surface area contributed by atoms with Crippen LogP contribution in [0.15, 0.2) is 17.8 Å². The van der Waals surface area contributed by atoms with Gasteiger partial charge in [-0.1, -0.05) is 6.92 Å². The van der Waals surface area contributed by atoms with Gasteiger partial charge >= 0.3 is 5.97 Å². The molecule has 4 aliphatic rings. The number of methoxy groups -OCH3 is 3. The van der Waals surface area contributed by atoms with E-state index >= 15 is 0 Å². The summed E-state index contributed by atoms with van der Waals surface area (Å²) in [6.07, 6.45) is -5.61. The number of aliphatic hydroxyl groups excluding tert-OH is 2. The summed E-state index contributed by atoms with van der Waals surface area (Å²) >= 11 is 0. The van der Waals surface area contributed by atoms with E-state index in [9.17, 15) is 59.9 Å². The van der Waals surface area contributed by atoms with Gasteiger partial charge in [0.25, 0.3) is 0 Å². The van der Waals surface area contributed by atoms with Crippen molar-refractivity contribution >= 4 is 34.8 Å². The SMILES string of the molecule is COC(=O)c1c(C)c(N(O)O)c2c(c1O)[C@]1(O)C(=O)c3cc4c(c(O)c3C(=O)[C@]1(OC)[C@H](O)C2)C(=O)C=C(N[C@H]1O[C@@H](C)[C@H](OC)[C@@H](O)[C@H]1C)C4=O. The number of nitrogens with one attached hydrogen (secondary N) is 1. The van der Waals surface area contributed by atoms with E-state index in [0.29, 0.717) is 0 Å². The van der Waals surface area contributed by atoms with Crippen molar-refractivity contribution in [2.45, 2.75) is 69.0 Å². The average Bonchev–Trinajstić information content (AvgIpc) is 3.07. The topological polar surface area (TPSA) is 279 Å². The number of ether oxygens (including phenoxy) is 4. The van der Waals surface area contributed by atoms with Crippen molar-refractivity contribution in [2.24, 2.45) is 5.92 Å². The third-order valence-electron chi connectivity index (χ3n) is 10.7. The predicted molar refractivity (Wildman–Crippen MR) is 171 cm³/mol. The summed E-state index contributed by atoms with van der Waals surface area (Å²) in [7, 11) is 3.16. The Kier molecular flexibility index (Phi) is 8.83. The quantitative estimate of drug-likeness (QED) is 0.143. The number of phenolic OH excluding ortho intramolecular Hbond substituents is 2. The molecule has 0 bridgehead atoms. The maximum atomic E-state index is 14.7. The van der Waals surface area contributed by atoms with Gasteiger partial charge in [0.15, 0.2) is 17.0 Å². The third-order valence-corrected chi connectivity index (χ3v) is 10.7. The molecule has 1 heterocycles. The maximum absolute atomic E-state index is 14.7. The molecule has 2 aromatic rings. The number of aliphatic hydroxyl groups is 3. The minimum Gasteiger partial charge on any atom is -0.507 e. The Bertz CT molecular complexity index is 2010. The number of allylic oxidation sites excluding steroid dienone is 2. The second kappa shape index (κ2) is 12.4. The van der Waals surface area contributed by atoms with Crippen molar-refractivity contribution in [1.29, 1.82) is 0 Å². The number of phenols is 2. The Morgan fingerprint density at radius 1 is 1.00 bits per heavy atom. The van der Waals surface area contributed by atoms with Gasteiger partial charge in [-0.25, -0.2) is 4.79 Å². The molecular formula is C34H36N2O16. The van der Waals surface area contributed by atoms with Gasteiger partial charge in [0, 0.05) is 49.3 Å². The molecule has 0 unspecified atom stereocenters. The van der Waals surface area contributed by atoms with Crippen LogP contribution in [0.1, 0.15) is 82.3 Å². The number of hydrogen-bond acceptors (Lipinski definition) is 18. The average molecular weight is 729 g/mol. The highest BCUT2D eigenvalue weighted by Crippen LogP contribution is 2.58. The van der Waals surface area contributed by atoms with E-state index in [-0.39, 0.29) is 11.3 Å². The van der Waals surface area contributed by atoms with Crippen LogP contribution in [0.25, 0.3) is 0 Å². The fraction of sp³-hybridized carbons (Fsp3) is 0.441. The van der Waals surface area contributed by atoms with Crippen LogP contribution in [0.4, 0.5) is 5.69 Å². The number of benzene rings is 2. The lowest BCUT2D eigenvalue weighted by Gasteiger charge is -2.53. The summed E-state index contributed by atoms with van der Waals surface area (Å²) in [5, 5.41) is 80.6. The Labute approximate surface area is 294 Å². The molecule has 8 atom stereocenters. The normalized spacial score (nSPS) is 30.9. The monoisotopic (exact) mass is 728 g/mol. The second-order valence-electron chi connectivity index (χ2n) is 13.1. The largest absolute Gasteiger partial charge is 0.507 e. The molecule has 18 heteroatoms. The highest BCUT2D eigenvalue weighted by molar-refractivity contribution is 6.31. The number of nitrogens with zero attached hydrogens (tertiary/aromatic N) is 1. The number of esters is 1. The molecule has 0 radical (unpaired) electrons. The highest BCUT2D eigenvalue weighted by atomic mass is 16.8. The van der Waals surface area contributed by atoms with Crippen LogP contribution < -0.4 is 10.5 Å². The number of carbonyl (C=O) groups excluding carboxylic acids is 5. The van der Waals surface area contributed by atoms with E-state index in [1.807, 2.05) is 0 Å². The van der Waals surface area contributed by atoms with Crippen LogP contribution in [0.2, 0.25) is 0 Å². The van der Waals surface area contributed by atoms with Gasteiger partial charge in [0.2, 0.25) is 17.3 Å². The van der Waals surface area contributed by atoms with Gasteiger partial charge in [-0.15, -0.1) is 5.23 Å². The number of aromatic hydroxyl groups is 2. The standard InChI is InChI=1S/C34H36N2O16/c1-10-19(32(45)50-5)27(42)22-15(23(10)36(47)48)8-18(38)34(51-6)30(44)21-14(29(43)33(22,34)46)7-13-20(26(21)41)17(37)9-16(25(13)40)35-31-11(2)24(39)28(49-4)12(3)52-31/h7,9,11-12,18,24,28,31,35,38-39,41-42,46-48H,8H2,1-6H3/t11-,12+,18-,24+,28+,31+,33+,34-/m1/s1. The predicted octanol–water partition coefficient (Wildman–Crippen LogP) is -0.0441. The molecule has 18 nitrogen and oxygen atoms in total. The lowest BCUT2D eigenvalue weighted by atomic mass is 9.56. The van der Waals surface area contributed by atoms with Gasteiger partial charge in [-0.3, -0.25) is 29.6 Å². The van der Waals surface area contributed by atoms with Crippen LogP contribution in [-0.2, 0) is 31.0 Å². The van der Waals surface area contributed by atoms with Crippen LogP contribution in [0.3, 0.4) is 0 Å². The second-order valence-corrected chi connectivity index (χ2v) is 13.1. The molecule has 0 aromatic heterocycles. The van der Waals surface area contributed by atoms with Gasteiger partial charge in [0.05, 0.1) is 42.2 Å². The molecule has 1 fully saturated rings. The smallest absolute Gasteiger partial charge is 0.342 e. The van der Waals surface area contributed by atoms with Crippen molar-refractivity contribution in [3.63, 3.8) is 0 Å². The third kappa shape index (κ3) is 4.56. The van der Waals surface area contributed by atoms with Crippen molar-refractivity contribution in [3.8, 4) is 11.5 Å². The van der Waals surface area contributed by atoms with E-state index in [1.54, 1.807) is 13.8 Å². The molecule has 2 aromatic carbocycles. The Balaban J connectivity index is 1.56. The number of anilines is 1. The first-order chi connectivity index (χ1) is 24.4. The van der Waals surface area contributed by atoms with Gasteiger partial charge in [-0.2, -0.15) is 0 Å². The molecule has 0 saturated carbocycles. The Hall–Kier alpha value is -4.79. The Morgan fingerprint density at radius 3 is 2.23 bits per heavy atom. The first-order valence-electron chi connectivity index (χ1n) is 15.9. The van der Waals surface area contributed by atoms with Crippen molar-refractivity contribution in [3.05, 3.63) is 62.3 Å². The molecule has 0 amide bonds. The van der Waals surface area contributed by atoms with Crippen LogP contribution in [0.5, 0.6) is 11.5 Å². The van der Waals surface area contributed by atoms with Crippen molar-refractivity contribution < 1.29 is 78.9 Å². The van der Waals surface area contributed by atoms with E-state index in [2.05, 4.69) is 5.32 Å². The zero-order chi connectivity index (χ0) is 38.5. The molecule has 278 valence electrons. The van der Waals surface area contributed by atoms with Crippen molar-refractivity contribution in [1.82, 2.24) is 5.32 Å². The van der Waals surface area contributed by atoms with Gasteiger partial charge < -0.3 is 49.8 Å². The first kappa shape index (κ1) is 37.0. The number of fused-ring (bicyclic) bond motifs is 5. The molecule has 3 aliphatic carbocycles. The molecule has 6 rings (SSSR count). The summed E-state index contributed by atoms with van der Waals surface area (Å²) in [4.78, 5) is 69.5. The molecular weight excluding hydrogens is 692 g/mol. The number of hydrogen-bond donors (Lipinski definition) is 8. The minimum atomic E-state index is -3.49. The van der Waals surface area contributed by atoms with Gasteiger partial charge in [-0.05, 0) is 31.0 Å². The fourth-order valence-electron chi connectivity index (χ4n) is 8.10. The number of carbonyl (C=O) groups is 5. The fourth-order valence-corrected chi connectivity index (χ4v) is 8.10. The molecule has 0 spiro atoms. The highest BCUT2D eigenvalue weighted by Gasteiger charge is 2.73. The summed E-state index contributed by atoms with van der Waals surface area (Å²) < 4.78 is 21.4. The van der Waals surface area contributed by atoms with E-state index in [4.69, 9.17) is 18.9 Å². The van der Waals surface area contributed by atoms with Crippen LogP contribution in [-0.4, -0.2) is 123 Å². The molecule has 1 aliphatic heterocycles. The summed E-state index contributed by atoms with van der Waals surface area (Å²) in [5.41, 5.74) is -13.1. The summed E-state index contributed by atoms with van der Waals surface area (Å²) in [6, 6.07) is 0.777. The number of ketones is 4. The lowest BCUT2D eigenvalue weighted by Crippen LogP contribution is -2.73. The maximum Gasteiger partial charge on any atom is 0.342 e.